The molecule has 0 bridgehead atoms. The second kappa shape index (κ2) is 10.7. The fraction of sp³-hybridized carbons (Fsp3) is 0.353. The lowest BCUT2D eigenvalue weighted by atomic mass is 10.1. The van der Waals surface area contributed by atoms with Gasteiger partial charge in [-0.15, -0.1) is 12.3 Å². The zero-order valence-corrected chi connectivity index (χ0v) is 13.6. The van der Waals surface area contributed by atoms with Crippen molar-refractivity contribution in [3.63, 3.8) is 0 Å². The van der Waals surface area contributed by atoms with Gasteiger partial charge in [0, 0.05) is 13.0 Å². The third-order valence-electron chi connectivity index (χ3n) is 3.12. The maximum absolute atomic E-state index is 11.7. The minimum atomic E-state index is -1.15. The Labute approximate surface area is 145 Å². The second-order valence-electron chi connectivity index (χ2n) is 5.23. The number of ether oxygens (including phenoxy) is 1. The van der Waals surface area contributed by atoms with Crippen LogP contribution in [0.4, 0.5) is 4.79 Å². The summed E-state index contributed by atoms with van der Waals surface area (Å²) >= 11 is 0. The van der Waals surface area contributed by atoms with Gasteiger partial charge >= 0.3 is 6.09 Å². The maximum Gasteiger partial charge on any atom is 0.407 e. The minimum absolute atomic E-state index is 0.0404. The molecule has 3 amide bonds. The van der Waals surface area contributed by atoms with Crippen LogP contribution in [0.3, 0.4) is 0 Å². The lowest BCUT2D eigenvalue weighted by Gasteiger charge is -2.15. The van der Waals surface area contributed by atoms with Gasteiger partial charge in [-0.1, -0.05) is 30.3 Å². The number of nitrogens with two attached hydrogens (primary N) is 1. The summed E-state index contributed by atoms with van der Waals surface area (Å²) in [6.45, 7) is -0.0902. The largest absolute Gasteiger partial charge is 0.445 e. The van der Waals surface area contributed by atoms with E-state index >= 15 is 0 Å². The quantitative estimate of drug-likeness (QED) is 0.454. The Kier molecular flexibility index (Phi) is 8.54. The molecule has 8 nitrogen and oxygen atoms in total. The number of hydrogen-bond acceptors (Lipinski definition) is 5. The van der Waals surface area contributed by atoms with Crippen LogP contribution in [0.1, 0.15) is 18.4 Å². The van der Waals surface area contributed by atoms with Crippen molar-refractivity contribution < 1.29 is 24.2 Å². The third kappa shape index (κ3) is 8.39. The SMILES string of the molecule is C#CC[C@@H](NC(=O)C[C@@H](O)CNC(=O)OCc1ccccc1)C(N)=O. The molecule has 0 aliphatic rings. The topological polar surface area (TPSA) is 131 Å². The summed E-state index contributed by atoms with van der Waals surface area (Å²) in [6, 6.07) is 8.10. The molecule has 0 spiro atoms. The number of carbonyl (C=O) groups excluding carboxylic acids is 3. The number of aliphatic hydroxyl groups excluding tert-OH is 1. The Morgan fingerprint density at radius 1 is 1.28 bits per heavy atom. The first-order valence-corrected chi connectivity index (χ1v) is 7.57. The van der Waals surface area contributed by atoms with Gasteiger partial charge in [-0.2, -0.15) is 0 Å². The molecule has 0 aromatic heterocycles. The van der Waals surface area contributed by atoms with Gasteiger partial charge in [0.2, 0.25) is 11.8 Å². The number of terminal acetylenes is 1. The fourth-order valence-electron chi connectivity index (χ4n) is 1.86. The molecule has 2 atom stereocenters. The summed E-state index contributed by atoms with van der Waals surface area (Å²) in [7, 11) is 0. The van der Waals surface area contributed by atoms with E-state index in [2.05, 4.69) is 16.6 Å². The lowest BCUT2D eigenvalue weighted by molar-refractivity contribution is -0.128. The molecule has 1 rings (SSSR count). The summed E-state index contributed by atoms with van der Waals surface area (Å²) < 4.78 is 4.97. The Balaban J connectivity index is 2.28. The first-order chi connectivity index (χ1) is 11.9. The van der Waals surface area contributed by atoms with Crippen LogP contribution >= 0.6 is 0 Å². The van der Waals surface area contributed by atoms with E-state index in [9.17, 15) is 19.5 Å². The van der Waals surface area contributed by atoms with E-state index in [0.29, 0.717) is 0 Å². The van der Waals surface area contributed by atoms with E-state index in [1.54, 1.807) is 12.1 Å². The van der Waals surface area contributed by atoms with Crippen molar-refractivity contribution in [3.05, 3.63) is 35.9 Å². The first kappa shape index (κ1) is 20.0. The van der Waals surface area contributed by atoms with E-state index in [0.717, 1.165) is 5.56 Å². The van der Waals surface area contributed by atoms with Crippen LogP contribution in [0.5, 0.6) is 0 Å². The Morgan fingerprint density at radius 3 is 2.56 bits per heavy atom. The van der Waals surface area contributed by atoms with Crippen molar-refractivity contribution in [1.29, 1.82) is 0 Å². The highest BCUT2D eigenvalue weighted by molar-refractivity contribution is 5.87. The number of benzene rings is 1. The van der Waals surface area contributed by atoms with Crippen molar-refractivity contribution >= 4 is 17.9 Å². The van der Waals surface area contributed by atoms with Gasteiger partial charge in [-0.3, -0.25) is 9.59 Å². The van der Waals surface area contributed by atoms with Crippen LogP contribution in [-0.2, 0) is 20.9 Å². The average Bonchev–Trinajstić information content (AvgIpc) is 2.58. The van der Waals surface area contributed by atoms with Crippen LogP contribution in [0.2, 0.25) is 0 Å². The van der Waals surface area contributed by atoms with Crippen LogP contribution in [0, 0.1) is 12.3 Å². The highest BCUT2D eigenvalue weighted by atomic mass is 16.5. The van der Waals surface area contributed by atoms with E-state index in [4.69, 9.17) is 16.9 Å². The smallest absolute Gasteiger partial charge is 0.407 e. The van der Waals surface area contributed by atoms with E-state index < -0.39 is 30.1 Å². The molecule has 0 aliphatic carbocycles. The Hall–Kier alpha value is -3.05. The summed E-state index contributed by atoms with van der Waals surface area (Å²) in [5.74, 6) is 0.858. The predicted octanol–water partition coefficient (Wildman–Crippen LogP) is -0.343. The number of hydrogen-bond donors (Lipinski definition) is 4. The summed E-state index contributed by atoms with van der Waals surface area (Å²) in [5.41, 5.74) is 5.92. The molecule has 1 aromatic carbocycles. The van der Waals surface area contributed by atoms with Gasteiger partial charge in [0.05, 0.1) is 12.5 Å². The second-order valence-corrected chi connectivity index (χ2v) is 5.23. The summed E-state index contributed by atoms with van der Waals surface area (Å²) in [6.07, 6.45) is 2.84. The van der Waals surface area contributed by atoms with E-state index in [-0.39, 0.29) is 26.0 Å². The van der Waals surface area contributed by atoms with Crippen molar-refractivity contribution in [2.75, 3.05) is 6.54 Å². The molecule has 0 fully saturated rings. The molecule has 134 valence electrons. The monoisotopic (exact) mass is 347 g/mol. The van der Waals surface area contributed by atoms with Crippen molar-refractivity contribution in [2.45, 2.75) is 31.6 Å². The molecule has 25 heavy (non-hydrogen) atoms. The fourth-order valence-corrected chi connectivity index (χ4v) is 1.86. The Morgan fingerprint density at radius 2 is 1.96 bits per heavy atom. The number of rotatable bonds is 9. The molecular formula is C17H21N3O5. The van der Waals surface area contributed by atoms with Gasteiger partial charge in [0.25, 0.3) is 0 Å². The van der Waals surface area contributed by atoms with Gasteiger partial charge in [-0.05, 0) is 5.56 Å². The standard InChI is InChI=1S/C17H21N3O5/c1-2-6-14(16(18)23)20-15(22)9-13(21)10-19-17(24)25-11-12-7-4-3-5-8-12/h1,3-5,7-8,13-14,21H,6,9-11H2,(H2,18,23)(H,19,24)(H,20,22)/t13-,14-/m1/s1. The van der Waals surface area contributed by atoms with Gasteiger partial charge in [0.15, 0.2) is 0 Å². The number of amides is 3. The minimum Gasteiger partial charge on any atom is -0.445 e. The normalized spacial score (nSPS) is 12.3. The summed E-state index contributed by atoms with van der Waals surface area (Å²) in [5, 5.41) is 14.4. The first-order valence-electron chi connectivity index (χ1n) is 7.57. The number of nitrogens with one attached hydrogen (secondary N) is 2. The zero-order valence-electron chi connectivity index (χ0n) is 13.6. The number of aliphatic hydroxyl groups is 1. The van der Waals surface area contributed by atoms with E-state index in [1.807, 2.05) is 18.2 Å². The van der Waals surface area contributed by atoms with Crippen molar-refractivity contribution in [2.24, 2.45) is 5.73 Å². The number of carbonyl (C=O) groups is 3. The highest BCUT2D eigenvalue weighted by Crippen LogP contribution is 2.00. The lowest BCUT2D eigenvalue weighted by Crippen LogP contribution is -2.45. The molecule has 0 saturated heterocycles. The molecule has 5 N–H and O–H groups in total. The van der Waals surface area contributed by atoms with Crippen molar-refractivity contribution in [3.8, 4) is 12.3 Å². The van der Waals surface area contributed by atoms with Crippen LogP contribution in [0.15, 0.2) is 30.3 Å². The molecule has 1 aromatic rings. The molecule has 8 heteroatoms. The van der Waals surface area contributed by atoms with Crippen LogP contribution < -0.4 is 16.4 Å². The highest BCUT2D eigenvalue weighted by Gasteiger charge is 2.19. The van der Waals surface area contributed by atoms with Crippen molar-refractivity contribution in [1.82, 2.24) is 10.6 Å². The maximum atomic E-state index is 11.7. The molecule has 0 unspecified atom stereocenters. The van der Waals surface area contributed by atoms with Crippen LogP contribution in [0.25, 0.3) is 0 Å². The summed E-state index contributed by atoms with van der Waals surface area (Å²) in [4.78, 5) is 34.3. The number of primary amides is 1. The van der Waals surface area contributed by atoms with Gasteiger partial charge in [-0.25, -0.2) is 4.79 Å². The molecule has 0 heterocycles. The Bertz CT molecular complexity index is 627. The van der Waals surface area contributed by atoms with Gasteiger partial charge < -0.3 is 26.2 Å². The third-order valence-corrected chi connectivity index (χ3v) is 3.12. The number of alkyl carbamates (subject to hydrolysis) is 1. The average molecular weight is 347 g/mol. The molecule has 0 saturated carbocycles. The van der Waals surface area contributed by atoms with Crippen LogP contribution in [-0.4, -0.2) is 41.7 Å². The van der Waals surface area contributed by atoms with E-state index in [1.165, 1.54) is 0 Å². The molecule has 0 radical (unpaired) electrons. The molecule has 0 aliphatic heterocycles. The van der Waals surface area contributed by atoms with Gasteiger partial charge in [0.1, 0.15) is 12.6 Å². The predicted molar refractivity (Wildman–Crippen MR) is 89.8 cm³/mol. The zero-order chi connectivity index (χ0) is 18.7. The molecular weight excluding hydrogens is 326 g/mol.